The van der Waals surface area contributed by atoms with Crippen molar-refractivity contribution in [3.8, 4) is 5.75 Å². The van der Waals surface area contributed by atoms with Crippen molar-refractivity contribution in [3.63, 3.8) is 0 Å². The lowest BCUT2D eigenvalue weighted by Gasteiger charge is -2.34. The average molecular weight is 381 g/mol. The van der Waals surface area contributed by atoms with Gasteiger partial charge in [-0.3, -0.25) is 14.5 Å². The van der Waals surface area contributed by atoms with Gasteiger partial charge in [-0.2, -0.15) is 0 Å². The van der Waals surface area contributed by atoms with Crippen LogP contribution in [0.25, 0.3) is 0 Å². The monoisotopic (exact) mass is 381 g/mol. The van der Waals surface area contributed by atoms with Crippen molar-refractivity contribution in [1.82, 2.24) is 10.2 Å². The minimum Gasteiger partial charge on any atom is -0.506 e. The molecule has 28 heavy (non-hydrogen) atoms. The van der Waals surface area contributed by atoms with E-state index >= 15 is 0 Å². The van der Waals surface area contributed by atoms with Gasteiger partial charge in [0.2, 0.25) is 11.8 Å². The molecule has 1 aliphatic rings. The van der Waals surface area contributed by atoms with Crippen LogP contribution >= 0.6 is 0 Å². The van der Waals surface area contributed by atoms with Crippen LogP contribution in [-0.4, -0.2) is 41.0 Å². The summed E-state index contributed by atoms with van der Waals surface area (Å²) in [6, 6.07) is 16.3. The zero-order valence-corrected chi connectivity index (χ0v) is 16.1. The summed E-state index contributed by atoms with van der Waals surface area (Å²) in [5.41, 5.74) is 1.51. The van der Waals surface area contributed by atoms with E-state index in [1.54, 1.807) is 24.3 Å². The quantitative estimate of drug-likeness (QED) is 0.672. The first-order valence-corrected chi connectivity index (χ1v) is 9.69. The number of anilines is 1. The molecule has 3 N–H and O–H groups in total. The van der Waals surface area contributed by atoms with Gasteiger partial charge < -0.3 is 15.7 Å². The maximum Gasteiger partial charge on any atom is 0.237 e. The van der Waals surface area contributed by atoms with Crippen LogP contribution in [0.4, 0.5) is 5.69 Å². The summed E-state index contributed by atoms with van der Waals surface area (Å²) in [6.45, 7) is 3.81. The van der Waals surface area contributed by atoms with Crippen molar-refractivity contribution in [2.75, 3.05) is 18.4 Å². The smallest absolute Gasteiger partial charge is 0.237 e. The van der Waals surface area contributed by atoms with E-state index in [9.17, 15) is 14.7 Å². The number of hydrogen-bond acceptors (Lipinski definition) is 4. The van der Waals surface area contributed by atoms with E-state index in [2.05, 4.69) is 15.5 Å². The Bertz CT molecular complexity index is 802. The lowest BCUT2D eigenvalue weighted by molar-refractivity contribution is -0.127. The number of para-hydroxylation sites is 2. The van der Waals surface area contributed by atoms with Gasteiger partial charge in [-0.1, -0.05) is 42.5 Å². The lowest BCUT2D eigenvalue weighted by Crippen LogP contribution is -2.49. The summed E-state index contributed by atoms with van der Waals surface area (Å²) >= 11 is 0. The number of rotatable bonds is 6. The Kier molecular flexibility index (Phi) is 6.66. The molecule has 148 valence electrons. The molecule has 1 fully saturated rings. The van der Waals surface area contributed by atoms with Crippen molar-refractivity contribution >= 4 is 17.5 Å². The number of aromatic hydroxyl groups is 1. The topological polar surface area (TPSA) is 81.7 Å². The molecular weight excluding hydrogens is 354 g/mol. The zero-order valence-electron chi connectivity index (χ0n) is 16.1. The number of carbonyl (C=O) groups excluding carboxylic acids is 2. The highest BCUT2D eigenvalue weighted by molar-refractivity contribution is 5.94. The number of phenols is 1. The fourth-order valence-electron chi connectivity index (χ4n) is 3.46. The van der Waals surface area contributed by atoms with E-state index in [0.29, 0.717) is 38.2 Å². The molecule has 0 aliphatic carbocycles. The fraction of sp³-hybridized carbons (Fsp3) is 0.364. The number of benzene rings is 2. The van der Waals surface area contributed by atoms with Crippen molar-refractivity contribution in [3.05, 3.63) is 60.2 Å². The molecular formula is C22H27N3O3. The van der Waals surface area contributed by atoms with Crippen LogP contribution in [0.2, 0.25) is 0 Å². The molecule has 0 spiro atoms. The summed E-state index contributed by atoms with van der Waals surface area (Å²) < 4.78 is 0. The van der Waals surface area contributed by atoms with Gasteiger partial charge in [0.15, 0.2) is 0 Å². The van der Waals surface area contributed by atoms with Gasteiger partial charge in [-0.15, -0.1) is 0 Å². The Morgan fingerprint density at radius 1 is 1.07 bits per heavy atom. The van der Waals surface area contributed by atoms with Crippen molar-refractivity contribution in [2.45, 2.75) is 32.4 Å². The van der Waals surface area contributed by atoms with Gasteiger partial charge in [0.1, 0.15) is 5.75 Å². The first kappa shape index (κ1) is 19.9. The second kappa shape index (κ2) is 9.37. The highest BCUT2D eigenvalue weighted by atomic mass is 16.3. The Labute approximate surface area is 165 Å². The van der Waals surface area contributed by atoms with Gasteiger partial charge in [-0.25, -0.2) is 0 Å². The highest BCUT2D eigenvalue weighted by Crippen LogP contribution is 2.25. The molecule has 0 bridgehead atoms. The second-order valence-corrected chi connectivity index (χ2v) is 7.20. The molecule has 0 saturated carbocycles. The highest BCUT2D eigenvalue weighted by Gasteiger charge is 2.29. The molecule has 1 aliphatic heterocycles. The van der Waals surface area contributed by atoms with E-state index in [1.807, 2.05) is 37.3 Å². The summed E-state index contributed by atoms with van der Waals surface area (Å²) in [4.78, 5) is 27.0. The normalized spacial score (nSPS) is 16.3. The maximum atomic E-state index is 12.5. The number of nitrogens with one attached hydrogen (secondary N) is 2. The van der Waals surface area contributed by atoms with Crippen LogP contribution in [0.15, 0.2) is 54.6 Å². The van der Waals surface area contributed by atoms with Crippen LogP contribution in [0.3, 0.4) is 0 Å². The molecule has 2 amide bonds. The third kappa shape index (κ3) is 5.10. The summed E-state index contributed by atoms with van der Waals surface area (Å²) in [5.74, 6) is -0.129. The standard InChI is InChI=1S/C22H27N3O3/c1-16(21(27)23-15-17-7-3-2-4-8-17)25-13-11-18(12-14-25)22(28)24-19-9-5-6-10-20(19)26/h2-10,16,18,26H,11-15H2,1H3,(H,23,27)(H,24,28)/t16-/m0/s1. The minimum absolute atomic E-state index is 0.000891. The van der Waals surface area contributed by atoms with Gasteiger partial charge in [0.05, 0.1) is 11.7 Å². The Morgan fingerprint density at radius 3 is 2.39 bits per heavy atom. The SMILES string of the molecule is C[C@@H](C(=O)NCc1ccccc1)N1CCC(C(=O)Nc2ccccc2O)CC1. The van der Waals surface area contributed by atoms with E-state index in [-0.39, 0.29) is 29.5 Å². The first-order valence-electron chi connectivity index (χ1n) is 9.69. The first-order chi connectivity index (χ1) is 13.5. The van der Waals surface area contributed by atoms with E-state index in [0.717, 1.165) is 5.56 Å². The van der Waals surface area contributed by atoms with Crippen LogP contribution in [0.5, 0.6) is 5.75 Å². The van der Waals surface area contributed by atoms with Gasteiger partial charge in [0.25, 0.3) is 0 Å². The van der Waals surface area contributed by atoms with Crippen LogP contribution in [-0.2, 0) is 16.1 Å². The number of hydrogen-bond donors (Lipinski definition) is 3. The molecule has 2 aromatic rings. The van der Waals surface area contributed by atoms with Gasteiger partial charge in [-0.05, 0) is 50.6 Å². The predicted molar refractivity (Wildman–Crippen MR) is 109 cm³/mol. The Morgan fingerprint density at radius 2 is 1.71 bits per heavy atom. The number of phenolic OH excluding ortho intramolecular Hbond substituents is 1. The van der Waals surface area contributed by atoms with Crippen LogP contribution < -0.4 is 10.6 Å². The molecule has 3 rings (SSSR count). The number of nitrogens with zero attached hydrogens (tertiary/aromatic N) is 1. The Hall–Kier alpha value is -2.86. The molecule has 0 radical (unpaired) electrons. The molecule has 0 unspecified atom stereocenters. The van der Waals surface area contributed by atoms with Gasteiger partial charge in [0, 0.05) is 12.5 Å². The lowest BCUT2D eigenvalue weighted by atomic mass is 9.94. The van der Waals surface area contributed by atoms with E-state index in [1.165, 1.54) is 0 Å². The van der Waals surface area contributed by atoms with Crippen LogP contribution in [0.1, 0.15) is 25.3 Å². The Balaban J connectivity index is 1.45. The maximum absolute atomic E-state index is 12.5. The summed E-state index contributed by atoms with van der Waals surface area (Å²) in [5, 5.41) is 15.6. The largest absolute Gasteiger partial charge is 0.506 e. The number of likely N-dealkylation sites (tertiary alicyclic amines) is 1. The van der Waals surface area contributed by atoms with Crippen molar-refractivity contribution < 1.29 is 14.7 Å². The number of piperidine rings is 1. The number of amides is 2. The molecule has 1 heterocycles. The van der Waals surface area contributed by atoms with E-state index < -0.39 is 0 Å². The fourth-order valence-corrected chi connectivity index (χ4v) is 3.46. The molecule has 1 saturated heterocycles. The molecule has 1 atom stereocenters. The zero-order chi connectivity index (χ0) is 19.9. The molecule has 0 aromatic heterocycles. The predicted octanol–water partition coefficient (Wildman–Crippen LogP) is 2.75. The third-order valence-electron chi connectivity index (χ3n) is 5.30. The van der Waals surface area contributed by atoms with Crippen LogP contribution in [0, 0.1) is 5.92 Å². The molecule has 2 aromatic carbocycles. The third-order valence-corrected chi connectivity index (χ3v) is 5.30. The summed E-state index contributed by atoms with van der Waals surface area (Å²) in [7, 11) is 0. The second-order valence-electron chi connectivity index (χ2n) is 7.20. The molecule has 6 heteroatoms. The van der Waals surface area contributed by atoms with Crippen molar-refractivity contribution in [2.24, 2.45) is 5.92 Å². The van der Waals surface area contributed by atoms with E-state index in [4.69, 9.17) is 0 Å². The average Bonchev–Trinajstić information content (AvgIpc) is 2.74. The number of carbonyl (C=O) groups is 2. The summed E-state index contributed by atoms with van der Waals surface area (Å²) in [6.07, 6.45) is 1.38. The molecule has 6 nitrogen and oxygen atoms in total. The van der Waals surface area contributed by atoms with Gasteiger partial charge >= 0.3 is 0 Å². The minimum atomic E-state index is -0.231. The van der Waals surface area contributed by atoms with Crippen molar-refractivity contribution in [1.29, 1.82) is 0 Å².